The lowest BCUT2D eigenvalue weighted by Gasteiger charge is -2.19. The molecule has 0 aliphatic carbocycles. The average molecular weight is 529 g/mol. The molecule has 1 heterocycles. The molecular formula is C29H31F3N2O4. The fraction of sp³-hybridized carbons (Fsp3) is 0.345. The average Bonchev–Trinajstić information content (AvgIpc) is 2.86. The summed E-state index contributed by atoms with van der Waals surface area (Å²) in [5, 5.41) is 2.70. The predicted molar refractivity (Wildman–Crippen MR) is 138 cm³/mol. The SMILES string of the molecule is CC(C)(C)OC(=O)CCNC(=O)c1ccc(OCCCc2ccc(-c3ccc(C(F)(F)F)cc3)nc2)cc1. The van der Waals surface area contributed by atoms with Crippen LogP contribution in [0.5, 0.6) is 5.75 Å². The van der Waals surface area contributed by atoms with Gasteiger partial charge < -0.3 is 14.8 Å². The van der Waals surface area contributed by atoms with E-state index in [0.29, 0.717) is 29.2 Å². The minimum Gasteiger partial charge on any atom is -0.494 e. The molecule has 1 aromatic heterocycles. The zero-order valence-corrected chi connectivity index (χ0v) is 21.6. The van der Waals surface area contributed by atoms with Crippen LogP contribution < -0.4 is 10.1 Å². The van der Waals surface area contributed by atoms with Crippen LogP contribution in [0.25, 0.3) is 11.3 Å². The third-order valence-electron chi connectivity index (χ3n) is 5.36. The Morgan fingerprint density at radius 1 is 0.921 bits per heavy atom. The van der Waals surface area contributed by atoms with Crippen LogP contribution in [0.3, 0.4) is 0 Å². The Bertz CT molecular complexity index is 1200. The van der Waals surface area contributed by atoms with E-state index in [1.165, 1.54) is 12.1 Å². The number of amides is 1. The largest absolute Gasteiger partial charge is 0.494 e. The molecule has 2 aromatic carbocycles. The van der Waals surface area contributed by atoms with Crippen LogP contribution in [0.1, 0.15) is 55.1 Å². The highest BCUT2D eigenvalue weighted by Crippen LogP contribution is 2.30. The number of hydrogen-bond acceptors (Lipinski definition) is 5. The number of rotatable bonds is 10. The van der Waals surface area contributed by atoms with Crippen molar-refractivity contribution in [1.29, 1.82) is 0 Å². The number of nitrogens with zero attached hydrogens (tertiary/aromatic N) is 1. The Morgan fingerprint density at radius 3 is 2.18 bits per heavy atom. The van der Waals surface area contributed by atoms with Crippen LogP contribution in [0, 0.1) is 0 Å². The van der Waals surface area contributed by atoms with E-state index >= 15 is 0 Å². The summed E-state index contributed by atoms with van der Waals surface area (Å²) < 4.78 is 49.1. The number of nitrogens with one attached hydrogen (secondary N) is 1. The standard InChI is InChI=1S/C29H31F3N2O4/c1-28(2,3)38-26(35)16-17-33-27(36)22-9-13-24(14-10-22)37-18-4-5-20-6-15-25(34-19-20)21-7-11-23(12-8-21)29(30,31)32/h6-15,19H,4-5,16-18H2,1-3H3,(H,33,36). The smallest absolute Gasteiger partial charge is 0.416 e. The number of alkyl halides is 3. The zero-order valence-electron chi connectivity index (χ0n) is 21.6. The van der Waals surface area contributed by atoms with E-state index in [1.807, 2.05) is 6.07 Å². The van der Waals surface area contributed by atoms with E-state index in [9.17, 15) is 22.8 Å². The number of ether oxygens (including phenoxy) is 2. The third kappa shape index (κ3) is 9.21. The van der Waals surface area contributed by atoms with Gasteiger partial charge in [0.25, 0.3) is 5.91 Å². The zero-order chi connectivity index (χ0) is 27.8. The van der Waals surface area contributed by atoms with Gasteiger partial charge >= 0.3 is 12.1 Å². The van der Waals surface area contributed by atoms with Gasteiger partial charge in [-0.15, -0.1) is 0 Å². The van der Waals surface area contributed by atoms with Gasteiger partial charge in [-0.3, -0.25) is 14.6 Å². The van der Waals surface area contributed by atoms with Gasteiger partial charge in [0.05, 0.1) is 24.3 Å². The second kappa shape index (κ2) is 12.6. The van der Waals surface area contributed by atoms with Crippen LogP contribution in [-0.2, 0) is 22.1 Å². The molecule has 1 N–H and O–H groups in total. The molecule has 0 saturated heterocycles. The third-order valence-corrected chi connectivity index (χ3v) is 5.36. The summed E-state index contributed by atoms with van der Waals surface area (Å²) in [5.74, 6) is -0.0224. The highest BCUT2D eigenvalue weighted by atomic mass is 19.4. The van der Waals surface area contributed by atoms with Crippen LogP contribution in [-0.4, -0.2) is 35.6 Å². The van der Waals surface area contributed by atoms with Crippen molar-refractivity contribution in [2.45, 2.75) is 51.8 Å². The van der Waals surface area contributed by atoms with Gasteiger partial charge in [-0.1, -0.05) is 18.2 Å². The first-order valence-corrected chi connectivity index (χ1v) is 12.3. The number of aryl methyl sites for hydroxylation is 1. The molecule has 0 saturated carbocycles. The molecule has 38 heavy (non-hydrogen) atoms. The Balaban J connectivity index is 1.38. The van der Waals surface area contributed by atoms with Crippen molar-refractivity contribution in [2.24, 2.45) is 0 Å². The molecule has 0 aliphatic heterocycles. The molecule has 0 bridgehead atoms. The summed E-state index contributed by atoms with van der Waals surface area (Å²) in [4.78, 5) is 28.3. The number of hydrogen-bond donors (Lipinski definition) is 1. The Kier molecular flexibility index (Phi) is 9.50. The Morgan fingerprint density at radius 2 is 1.61 bits per heavy atom. The lowest BCUT2D eigenvalue weighted by atomic mass is 10.1. The highest BCUT2D eigenvalue weighted by molar-refractivity contribution is 5.94. The second-order valence-corrected chi connectivity index (χ2v) is 9.70. The number of benzene rings is 2. The molecule has 1 amide bonds. The van der Waals surface area contributed by atoms with Crippen molar-refractivity contribution in [3.05, 3.63) is 83.6 Å². The number of halogens is 3. The molecule has 0 spiro atoms. The summed E-state index contributed by atoms with van der Waals surface area (Å²) in [6.45, 7) is 6.01. The number of esters is 1. The van der Waals surface area contributed by atoms with E-state index in [1.54, 1.807) is 57.3 Å². The quantitative estimate of drug-likeness (QED) is 0.249. The maximum absolute atomic E-state index is 12.7. The maximum atomic E-state index is 12.7. The fourth-order valence-corrected chi connectivity index (χ4v) is 3.51. The number of carbonyl (C=O) groups excluding carboxylic acids is 2. The van der Waals surface area contributed by atoms with Crippen molar-refractivity contribution in [3.8, 4) is 17.0 Å². The van der Waals surface area contributed by atoms with Gasteiger partial charge in [-0.2, -0.15) is 13.2 Å². The molecule has 202 valence electrons. The predicted octanol–water partition coefficient (Wildman–Crippen LogP) is 6.24. The number of carbonyl (C=O) groups is 2. The van der Waals surface area contributed by atoms with E-state index in [-0.39, 0.29) is 24.8 Å². The van der Waals surface area contributed by atoms with E-state index in [4.69, 9.17) is 9.47 Å². The van der Waals surface area contributed by atoms with Crippen molar-refractivity contribution in [2.75, 3.05) is 13.2 Å². The lowest BCUT2D eigenvalue weighted by Crippen LogP contribution is -2.29. The van der Waals surface area contributed by atoms with Gasteiger partial charge in [-0.05, 0) is 81.6 Å². The molecule has 0 aliphatic rings. The molecule has 0 radical (unpaired) electrons. The van der Waals surface area contributed by atoms with Crippen LogP contribution in [0.15, 0.2) is 66.9 Å². The van der Waals surface area contributed by atoms with Crippen LogP contribution in [0.2, 0.25) is 0 Å². The highest BCUT2D eigenvalue weighted by Gasteiger charge is 2.30. The monoisotopic (exact) mass is 528 g/mol. The topological polar surface area (TPSA) is 77.5 Å². The number of pyridine rings is 1. The van der Waals surface area contributed by atoms with Crippen LogP contribution >= 0.6 is 0 Å². The number of aromatic nitrogens is 1. The van der Waals surface area contributed by atoms with Gasteiger partial charge in [-0.25, -0.2) is 0 Å². The van der Waals surface area contributed by atoms with Crippen molar-refractivity contribution in [1.82, 2.24) is 10.3 Å². The van der Waals surface area contributed by atoms with Crippen molar-refractivity contribution < 1.29 is 32.2 Å². The molecule has 3 aromatic rings. The summed E-state index contributed by atoms with van der Waals surface area (Å²) in [5.41, 5.74) is 1.42. The van der Waals surface area contributed by atoms with Gasteiger partial charge in [0.1, 0.15) is 11.4 Å². The molecule has 0 fully saturated rings. The first-order valence-electron chi connectivity index (χ1n) is 12.3. The maximum Gasteiger partial charge on any atom is 0.416 e. The summed E-state index contributed by atoms with van der Waals surface area (Å²) in [6, 6.07) is 15.3. The Hall–Kier alpha value is -3.88. The minimum absolute atomic E-state index is 0.0947. The van der Waals surface area contributed by atoms with Crippen LogP contribution in [0.4, 0.5) is 13.2 Å². The minimum atomic E-state index is -4.36. The first-order chi connectivity index (χ1) is 17.9. The van der Waals surface area contributed by atoms with Crippen molar-refractivity contribution >= 4 is 11.9 Å². The molecule has 6 nitrogen and oxygen atoms in total. The fourth-order valence-electron chi connectivity index (χ4n) is 3.51. The molecular weight excluding hydrogens is 497 g/mol. The van der Waals surface area contributed by atoms with E-state index in [0.717, 1.165) is 30.5 Å². The summed E-state index contributed by atoms with van der Waals surface area (Å²) in [7, 11) is 0. The second-order valence-electron chi connectivity index (χ2n) is 9.70. The van der Waals surface area contributed by atoms with E-state index < -0.39 is 17.3 Å². The molecule has 0 atom stereocenters. The normalized spacial score (nSPS) is 11.6. The van der Waals surface area contributed by atoms with Gasteiger partial charge in [0, 0.05) is 23.9 Å². The van der Waals surface area contributed by atoms with E-state index in [2.05, 4.69) is 10.3 Å². The first kappa shape index (κ1) is 28.7. The molecule has 3 rings (SSSR count). The molecule has 0 unspecified atom stereocenters. The van der Waals surface area contributed by atoms with Gasteiger partial charge in [0.2, 0.25) is 0 Å². The van der Waals surface area contributed by atoms with Crippen molar-refractivity contribution in [3.63, 3.8) is 0 Å². The van der Waals surface area contributed by atoms with Gasteiger partial charge in [0.15, 0.2) is 0 Å². The Labute approximate surface area is 220 Å². The summed E-state index contributed by atoms with van der Waals surface area (Å²) >= 11 is 0. The lowest BCUT2D eigenvalue weighted by molar-refractivity contribution is -0.154. The summed E-state index contributed by atoms with van der Waals surface area (Å²) in [6.07, 6.45) is -1.10. The molecule has 9 heteroatoms.